The number of thioether (sulfide) groups is 1. The number of carbonyl (C=O) groups excluding carboxylic acids is 1. The lowest BCUT2D eigenvalue weighted by molar-refractivity contribution is -0.139. The lowest BCUT2D eigenvalue weighted by Gasteiger charge is -2.05. The molecular formula is C7H13BrO3S. The summed E-state index contributed by atoms with van der Waals surface area (Å²) in [7, 11) is 1.37. The summed E-state index contributed by atoms with van der Waals surface area (Å²) in [5.41, 5.74) is 0. The van der Waals surface area contributed by atoms with Crippen LogP contribution in [0.15, 0.2) is 0 Å². The molecule has 72 valence electrons. The molecule has 3 nitrogen and oxygen atoms in total. The highest BCUT2D eigenvalue weighted by atomic mass is 79.9. The second-order valence-corrected chi connectivity index (χ2v) is 4.40. The van der Waals surface area contributed by atoms with Crippen molar-refractivity contribution in [3.63, 3.8) is 0 Å². The summed E-state index contributed by atoms with van der Waals surface area (Å²) >= 11 is 4.82. The molecule has 5 heteroatoms. The van der Waals surface area contributed by atoms with Crippen LogP contribution in [-0.2, 0) is 9.53 Å². The number of halogens is 1. The Labute approximate surface area is 85.0 Å². The molecule has 1 unspecified atom stereocenters. The maximum atomic E-state index is 10.8. The number of aliphatic hydroxyl groups excluding tert-OH is 1. The molecule has 0 aliphatic rings. The molecule has 0 radical (unpaired) electrons. The number of esters is 1. The third kappa shape index (κ3) is 5.85. The molecule has 0 bridgehead atoms. The Hall–Kier alpha value is 0.260. The minimum absolute atomic E-state index is 0.207. The zero-order chi connectivity index (χ0) is 9.40. The van der Waals surface area contributed by atoms with Crippen LogP contribution in [0.5, 0.6) is 0 Å². The van der Waals surface area contributed by atoms with Gasteiger partial charge in [-0.15, -0.1) is 0 Å². The fourth-order valence-electron chi connectivity index (χ4n) is 0.549. The minimum atomic E-state index is -0.244. The molecule has 0 aromatic heterocycles. The SMILES string of the molecule is COC(=O)C(Br)CSCCCO. The Morgan fingerprint density at radius 3 is 2.92 bits per heavy atom. The monoisotopic (exact) mass is 256 g/mol. The molecule has 0 amide bonds. The fourth-order valence-corrected chi connectivity index (χ4v) is 2.14. The van der Waals surface area contributed by atoms with E-state index in [1.165, 1.54) is 7.11 Å². The smallest absolute Gasteiger partial charge is 0.320 e. The molecule has 0 aliphatic heterocycles. The molecule has 0 saturated carbocycles. The van der Waals surface area contributed by atoms with E-state index < -0.39 is 0 Å². The van der Waals surface area contributed by atoms with Gasteiger partial charge in [-0.1, -0.05) is 15.9 Å². The summed E-state index contributed by atoms with van der Waals surface area (Å²) in [4.78, 5) is 10.6. The Morgan fingerprint density at radius 2 is 2.42 bits per heavy atom. The molecule has 0 fully saturated rings. The van der Waals surface area contributed by atoms with Gasteiger partial charge in [0, 0.05) is 12.4 Å². The first-order valence-electron chi connectivity index (χ1n) is 3.63. The van der Waals surface area contributed by atoms with E-state index in [4.69, 9.17) is 5.11 Å². The first-order chi connectivity index (χ1) is 5.72. The predicted octanol–water partition coefficient (Wildman–Crippen LogP) is 1.04. The van der Waals surface area contributed by atoms with Crippen molar-refractivity contribution < 1.29 is 14.6 Å². The van der Waals surface area contributed by atoms with E-state index in [1.807, 2.05) is 0 Å². The van der Waals surface area contributed by atoms with Gasteiger partial charge in [0.05, 0.1) is 7.11 Å². The van der Waals surface area contributed by atoms with Crippen LogP contribution in [0.3, 0.4) is 0 Å². The first-order valence-corrected chi connectivity index (χ1v) is 5.70. The summed E-state index contributed by atoms with van der Waals surface area (Å²) in [6.45, 7) is 0.207. The van der Waals surface area contributed by atoms with E-state index in [1.54, 1.807) is 11.8 Å². The lowest BCUT2D eigenvalue weighted by Crippen LogP contribution is -2.18. The largest absolute Gasteiger partial charge is 0.468 e. The van der Waals surface area contributed by atoms with E-state index in [-0.39, 0.29) is 17.4 Å². The van der Waals surface area contributed by atoms with Gasteiger partial charge in [-0.25, -0.2) is 0 Å². The van der Waals surface area contributed by atoms with E-state index in [0.717, 1.165) is 12.2 Å². The van der Waals surface area contributed by atoms with E-state index in [2.05, 4.69) is 20.7 Å². The Balaban J connectivity index is 3.31. The number of rotatable bonds is 6. The quantitative estimate of drug-likeness (QED) is 0.438. The van der Waals surface area contributed by atoms with Gasteiger partial charge >= 0.3 is 5.97 Å². The Bertz CT molecular complexity index is 132. The zero-order valence-corrected chi connectivity index (χ0v) is 9.36. The summed E-state index contributed by atoms with van der Waals surface area (Å²) in [5, 5.41) is 8.47. The number of hydrogen-bond acceptors (Lipinski definition) is 4. The van der Waals surface area contributed by atoms with Gasteiger partial charge in [-0.3, -0.25) is 4.79 Å². The van der Waals surface area contributed by atoms with Crippen molar-refractivity contribution in [2.45, 2.75) is 11.2 Å². The second-order valence-electron chi connectivity index (χ2n) is 2.14. The summed E-state index contributed by atoms with van der Waals surface area (Å²) in [5.74, 6) is 1.31. The highest BCUT2D eigenvalue weighted by molar-refractivity contribution is 9.10. The van der Waals surface area contributed by atoms with Crippen LogP contribution in [0.25, 0.3) is 0 Å². The van der Waals surface area contributed by atoms with Crippen molar-refractivity contribution in [1.29, 1.82) is 0 Å². The topological polar surface area (TPSA) is 46.5 Å². The molecule has 0 heterocycles. The maximum absolute atomic E-state index is 10.8. The van der Waals surface area contributed by atoms with Crippen molar-refractivity contribution in [1.82, 2.24) is 0 Å². The highest BCUT2D eigenvalue weighted by Gasteiger charge is 2.14. The standard InChI is InChI=1S/C7H13BrO3S/c1-11-7(10)6(8)5-12-4-2-3-9/h6,9H,2-5H2,1H3. The van der Waals surface area contributed by atoms with Gasteiger partial charge in [0.1, 0.15) is 4.83 Å². The third-order valence-electron chi connectivity index (χ3n) is 1.17. The highest BCUT2D eigenvalue weighted by Crippen LogP contribution is 2.11. The minimum Gasteiger partial charge on any atom is -0.468 e. The van der Waals surface area contributed by atoms with Crippen LogP contribution in [0.1, 0.15) is 6.42 Å². The number of methoxy groups -OCH3 is 1. The Morgan fingerprint density at radius 1 is 1.75 bits per heavy atom. The van der Waals surface area contributed by atoms with Crippen LogP contribution < -0.4 is 0 Å². The van der Waals surface area contributed by atoms with Crippen molar-refractivity contribution >= 4 is 33.7 Å². The summed E-state index contributed by atoms with van der Waals surface area (Å²) in [6.07, 6.45) is 0.769. The van der Waals surface area contributed by atoms with Crippen molar-refractivity contribution in [2.75, 3.05) is 25.2 Å². The number of alkyl halides is 1. The zero-order valence-electron chi connectivity index (χ0n) is 6.96. The second kappa shape index (κ2) is 7.89. The van der Waals surface area contributed by atoms with Crippen LogP contribution in [-0.4, -0.2) is 41.1 Å². The molecule has 0 rings (SSSR count). The van der Waals surface area contributed by atoms with Gasteiger partial charge in [0.15, 0.2) is 0 Å². The van der Waals surface area contributed by atoms with Crippen LogP contribution in [0.4, 0.5) is 0 Å². The van der Waals surface area contributed by atoms with Gasteiger partial charge in [0.25, 0.3) is 0 Å². The van der Waals surface area contributed by atoms with Crippen molar-refractivity contribution in [3.05, 3.63) is 0 Å². The molecule has 0 aromatic carbocycles. The molecular weight excluding hydrogens is 244 g/mol. The normalized spacial score (nSPS) is 12.6. The molecule has 1 atom stereocenters. The first kappa shape index (κ1) is 12.3. The van der Waals surface area contributed by atoms with E-state index >= 15 is 0 Å². The Kier molecular flexibility index (Phi) is 8.06. The van der Waals surface area contributed by atoms with Crippen molar-refractivity contribution in [3.8, 4) is 0 Å². The lowest BCUT2D eigenvalue weighted by atomic mass is 10.5. The molecule has 0 aromatic rings. The third-order valence-corrected chi connectivity index (χ3v) is 3.44. The average molecular weight is 257 g/mol. The summed E-state index contributed by atoms with van der Waals surface area (Å²) < 4.78 is 4.52. The number of ether oxygens (including phenoxy) is 1. The molecule has 0 aliphatic carbocycles. The van der Waals surface area contributed by atoms with Crippen molar-refractivity contribution in [2.24, 2.45) is 0 Å². The maximum Gasteiger partial charge on any atom is 0.320 e. The van der Waals surface area contributed by atoms with Gasteiger partial charge < -0.3 is 9.84 Å². The fraction of sp³-hybridized carbons (Fsp3) is 0.857. The van der Waals surface area contributed by atoms with E-state index in [0.29, 0.717) is 5.75 Å². The number of aliphatic hydroxyl groups is 1. The van der Waals surface area contributed by atoms with Gasteiger partial charge in [0.2, 0.25) is 0 Å². The molecule has 1 N–H and O–H groups in total. The molecule has 12 heavy (non-hydrogen) atoms. The number of carbonyl (C=O) groups is 1. The van der Waals surface area contributed by atoms with Crippen LogP contribution in [0, 0.1) is 0 Å². The van der Waals surface area contributed by atoms with Crippen LogP contribution >= 0.6 is 27.7 Å². The van der Waals surface area contributed by atoms with Gasteiger partial charge in [-0.05, 0) is 12.2 Å². The van der Waals surface area contributed by atoms with E-state index in [9.17, 15) is 4.79 Å². The number of hydrogen-bond donors (Lipinski definition) is 1. The average Bonchev–Trinajstić information content (AvgIpc) is 2.10. The summed E-state index contributed by atoms with van der Waals surface area (Å²) in [6, 6.07) is 0. The molecule has 0 saturated heterocycles. The molecule has 0 spiro atoms. The van der Waals surface area contributed by atoms with Crippen LogP contribution in [0.2, 0.25) is 0 Å². The predicted molar refractivity (Wildman–Crippen MR) is 53.8 cm³/mol. The van der Waals surface area contributed by atoms with Gasteiger partial charge in [-0.2, -0.15) is 11.8 Å².